The molecule has 0 fully saturated rings. The number of hydrogen-bond acceptors (Lipinski definition) is 2. The van der Waals surface area contributed by atoms with Crippen molar-refractivity contribution in [3.63, 3.8) is 0 Å². The molecule has 0 heterocycles. The van der Waals surface area contributed by atoms with Crippen LogP contribution in [0.1, 0.15) is 19.8 Å². The molecule has 0 saturated heterocycles. The minimum Gasteiger partial charge on any atom is -0.382 e. The molecule has 0 bridgehead atoms. The molecule has 2 heteroatoms. The minimum atomic E-state index is 0.292. The van der Waals surface area contributed by atoms with E-state index in [0.717, 1.165) is 12.8 Å². The summed E-state index contributed by atoms with van der Waals surface area (Å²) in [4.78, 5) is 0. The Kier molecular flexibility index (Phi) is 5.99. The van der Waals surface area contributed by atoms with Crippen molar-refractivity contribution < 1.29 is 9.47 Å². The standard InChI is InChI=1S/C7H16O2/c1-4-5-7(9-3)6-8-2/h7H,4-6H2,1-3H3. The van der Waals surface area contributed by atoms with Crippen LogP contribution in [0, 0.1) is 0 Å². The molecule has 0 N–H and O–H groups in total. The van der Waals surface area contributed by atoms with Gasteiger partial charge in [0.2, 0.25) is 0 Å². The van der Waals surface area contributed by atoms with Gasteiger partial charge in [0, 0.05) is 14.2 Å². The summed E-state index contributed by atoms with van der Waals surface area (Å²) in [6.07, 6.45) is 2.53. The Balaban J connectivity index is 3.18. The van der Waals surface area contributed by atoms with Crippen LogP contribution in [-0.2, 0) is 9.47 Å². The summed E-state index contributed by atoms with van der Waals surface area (Å²) in [6, 6.07) is 0. The average molecular weight is 132 g/mol. The Hall–Kier alpha value is -0.0800. The molecule has 0 saturated carbocycles. The zero-order valence-corrected chi connectivity index (χ0v) is 6.52. The molecular formula is C7H16O2. The van der Waals surface area contributed by atoms with Gasteiger partial charge in [-0.15, -0.1) is 0 Å². The second-order valence-corrected chi connectivity index (χ2v) is 2.10. The monoisotopic (exact) mass is 132 g/mol. The third kappa shape index (κ3) is 4.43. The Bertz CT molecular complexity index is 48.9. The summed E-state index contributed by atoms with van der Waals surface area (Å²) in [7, 11) is 3.42. The van der Waals surface area contributed by atoms with Gasteiger partial charge in [0.05, 0.1) is 12.7 Å². The molecule has 0 aliphatic carbocycles. The highest BCUT2D eigenvalue weighted by atomic mass is 16.5. The average Bonchev–Trinajstić information content (AvgIpc) is 1.88. The van der Waals surface area contributed by atoms with Crippen LogP contribution in [0.2, 0.25) is 0 Å². The molecule has 0 amide bonds. The number of hydrogen-bond donors (Lipinski definition) is 0. The van der Waals surface area contributed by atoms with Crippen molar-refractivity contribution in [2.24, 2.45) is 0 Å². The van der Waals surface area contributed by atoms with E-state index in [4.69, 9.17) is 9.47 Å². The molecular weight excluding hydrogens is 116 g/mol. The highest BCUT2D eigenvalue weighted by Crippen LogP contribution is 1.99. The summed E-state index contributed by atoms with van der Waals surface area (Å²) < 4.78 is 10.0. The summed E-state index contributed by atoms with van der Waals surface area (Å²) in [5.41, 5.74) is 0. The molecule has 0 aliphatic rings. The Labute approximate surface area is 57.2 Å². The first-order valence-electron chi connectivity index (χ1n) is 3.36. The smallest absolute Gasteiger partial charge is 0.0804 e. The predicted octanol–water partition coefficient (Wildman–Crippen LogP) is 1.45. The fraction of sp³-hybridized carbons (Fsp3) is 1.00. The lowest BCUT2D eigenvalue weighted by atomic mass is 10.2. The summed E-state index contributed by atoms with van der Waals surface area (Å²) in [5.74, 6) is 0. The van der Waals surface area contributed by atoms with Crippen LogP contribution in [0.25, 0.3) is 0 Å². The molecule has 0 rings (SSSR count). The molecule has 0 aromatic rings. The van der Waals surface area contributed by atoms with Gasteiger partial charge in [-0.1, -0.05) is 13.3 Å². The highest BCUT2D eigenvalue weighted by Gasteiger charge is 2.02. The van der Waals surface area contributed by atoms with E-state index in [-0.39, 0.29) is 0 Å². The second-order valence-electron chi connectivity index (χ2n) is 2.10. The van der Waals surface area contributed by atoms with E-state index in [2.05, 4.69) is 6.92 Å². The number of ether oxygens (including phenoxy) is 2. The largest absolute Gasteiger partial charge is 0.382 e. The Morgan fingerprint density at radius 1 is 1.33 bits per heavy atom. The van der Waals surface area contributed by atoms with Crippen LogP contribution in [-0.4, -0.2) is 26.9 Å². The van der Waals surface area contributed by atoms with Crippen molar-refractivity contribution in [3.05, 3.63) is 0 Å². The zero-order valence-electron chi connectivity index (χ0n) is 6.52. The van der Waals surface area contributed by atoms with Crippen molar-refractivity contribution in [2.75, 3.05) is 20.8 Å². The van der Waals surface area contributed by atoms with E-state index in [1.54, 1.807) is 14.2 Å². The third-order valence-electron chi connectivity index (χ3n) is 1.30. The van der Waals surface area contributed by atoms with Gasteiger partial charge in [-0.05, 0) is 6.42 Å². The fourth-order valence-corrected chi connectivity index (χ4v) is 0.777. The molecule has 1 atom stereocenters. The van der Waals surface area contributed by atoms with Crippen LogP contribution in [0.15, 0.2) is 0 Å². The zero-order chi connectivity index (χ0) is 7.11. The van der Waals surface area contributed by atoms with Gasteiger partial charge in [0.15, 0.2) is 0 Å². The lowest BCUT2D eigenvalue weighted by Gasteiger charge is -2.11. The van der Waals surface area contributed by atoms with Gasteiger partial charge in [0.25, 0.3) is 0 Å². The van der Waals surface area contributed by atoms with Crippen molar-refractivity contribution >= 4 is 0 Å². The maximum absolute atomic E-state index is 5.11. The van der Waals surface area contributed by atoms with E-state index >= 15 is 0 Å². The summed E-state index contributed by atoms with van der Waals surface area (Å²) >= 11 is 0. The predicted molar refractivity (Wildman–Crippen MR) is 37.6 cm³/mol. The molecule has 9 heavy (non-hydrogen) atoms. The lowest BCUT2D eigenvalue weighted by molar-refractivity contribution is 0.0232. The van der Waals surface area contributed by atoms with Gasteiger partial charge in [-0.2, -0.15) is 0 Å². The lowest BCUT2D eigenvalue weighted by Crippen LogP contribution is -2.16. The van der Waals surface area contributed by atoms with Gasteiger partial charge in [0.1, 0.15) is 0 Å². The SMILES string of the molecule is CCCC(COC)OC. The molecule has 0 aromatic carbocycles. The van der Waals surface area contributed by atoms with Crippen molar-refractivity contribution in [3.8, 4) is 0 Å². The molecule has 0 radical (unpaired) electrons. The maximum atomic E-state index is 5.11. The first kappa shape index (κ1) is 8.92. The van der Waals surface area contributed by atoms with E-state index < -0.39 is 0 Å². The van der Waals surface area contributed by atoms with Gasteiger partial charge >= 0.3 is 0 Å². The van der Waals surface area contributed by atoms with Crippen LogP contribution in [0.5, 0.6) is 0 Å². The van der Waals surface area contributed by atoms with Crippen molar-refractivity contribution in [2.45, 2.75) is 25.9 Å². The molecule has 1 unspecified atom stereocenters. The summed E-state index contributed by atoms with van der Waals surface area (Å²) in [6.45, 7) is 2.85. The Morgan fingerprint density at radius 3 is 2.33 bits per heavy atom. The highest BCUT2D eigenvalue weighted by molar-refractivity contribution is 4.52. The molecule has 0 aliphatic heterocycles. The third-order valence-corrected chi connectivity index (χ3v) is 1.30. The van der Waals surface area contributed by atoms with Crippen LogP contribution in [0.3, 0.4) is 0 Å². The second kappa shape index (κ2) is 6.05. The van der Waals surface area contributed by atoms with E-state index in [1.807, 2.05) is 0 Å². The van der Waals surface area contributed by atoms with Crippen molar-refractivity contribution in [1.82, 2.24) is 0 Å². The normalized spacial score (nSPS) is 13.7. The minimum absolute atomic E-state index is 0.292. The molecule has 0 spiro atoms. The van der Waals surface area contributed by atoms with Crippen molar-refractivity contribution in [1.29, 1.82) is 0 Å². The number of methoxy groups -OCH3 is 2. The summed E-state index contributed by atoms with van der Waals surface area (Å²) in [5, 5.41) is 0. The fourth-order valence-electron chi connectivity index (χ4n) is 0.777. The van der Waals surface area contributed by atoms with Crippen LogP contribution in [0.4, 0.5) is 0 Å². The molecule has 2 nitrogen and oxygen atoms in total. The van der Waals surface area contributed by atoms with E-state index in [0.29, 0.717) is 12.7 Å². The topological polar surface area (TPSA) is 18.5 Å². The van der Waals surface area contributed by atoms with Gasteiger partial charge < -0.3 is 9.47 Å². The van der Waals surface area contributed by atoms with E-state index in [1.165, 1.54) is 0 Å². The Morgan fingerprint density at radius 2 is 2.00 bits per heavy atom. The molecule has 56 valence electrons. The van der Waals surface area contributed by atoms with E-state index in [9.17, 15) is 0 Å². The maximum Gasteiger partial charge on any atom is 0.0804 e. The first-order valence-corrected chi connectivity index (χ1v) is 3.36. The van der Waals surface area contributed by atoms with Gasteiger partial charge in [-0.25, -0.2) is 0 Å². The quantitative estimate of drug-likeness (QED) is 0.563. The van der Waals surface area contributed by atoms with Crippen LogP contribution >= 0.6 is 0 Å². The first-order chi connectivity index (χ1) is 4.35. The molecule has 0 aromatic heterocycles. The van der Waals surface area contributed by atoms with Gasteiger partial charge in [-0.3, -0.25) is 0 Å². The van der Waals surface area contributed by atoms with Crippen LogP contribution < -0.4 is 0 Å². The number of rotatable bonds is 5.